The minimum absolute atomic E-state index is 0.391. The summed E-state index contributed by atoms with van der Waals surface area (Å²) in [6, 6.07) is 5.67. The van der Waals surface area contributed by atoms with Gasteiger partial charge in [-0.05, 0) is 24.6 Å². The van der Waals surface area contributed by atoms with Gasteiger partial charge >= 0.3 is 0 Å². The lowest BCUT2D eigenvalue weighted by Crippen LogP contribution is -2.31. The molecule has 118 valence electrons. The van der Waals surface area contributed by atoms with Crippen molar-refractivity contribution in [2.45, 2.75) is 20.0 Å². The van der Waals surface area contributed by atoms with Crippen LogP contribution in [0.15, 0.2) is 29.4 Å². The van der Waals surface area contributed by atoms with E-state index in [9.17, 15) is 0 Å². The van der Waals surface area contributed by atoms with Gasteiger partial charge in [0.05, 0.1) is 27.3 Å². The quantitative estimate of drug-likeness (QED) is 0.629. The lowest BCUT2D eigenvalue weighted by molar-refractivity contribution is 0.354. The molecule has 1 aromatic carbocycles. The first-order chi connectivity index (χ1) is 10.6. The first-order valence-corrected chi connectivity index (χ1v) is 7.60. The third kappa shape index (κ3) is 4.36. The normalized spacial score (nSPS) is 11.3. The Kier molecular flexibility index (Phi) is 5.60. The van der Waals surface area contributed by atoms with Gasteiger partial charge in [-0.15, -0.1) is 11.3 Å². The number of hydrogen-bond donors (Lipinski definition) is 2. The fraction of sp³-hybridized carbons (Fsp3) is 0.333. The SMILES string of the molecule is COc1ccc(CN=C(N)NCc2ncc(C)s2)cc1OC. The van der Waals surface area contributed by atoms with Crippen LogP contribution in [-0.4, -0.2) is 25.2 Å². The maximum Gasteiger partial charge on any atom is 0.189 e. The molecule has 1 heterocycles. The Labute approximate surface area is 134 Å². The largest absolute Gasteiger partial charge is 0.493 e. The number of guanidine groups is 1. The van der Waals surface area contributed by atoms with Crippen LogP contribution in [0, 0.1) is 6.92 Å². The van der Waals surface area contributed by atoms with Gasteiger partial charge < -0.3 is 20.5 Å². The number of aromatic nitrogens is 1. The highest BCUT2D eigenvalue weighted by Crippen LogP contribution is 2.27. The number of ether oxygens (including phenoxy) is 2. The minimum atomic E-state index is 0.391. The predicted molar refractivity (Wildman–Crippen MR) is 88.6 cm³/mol. The van der Waals surface area contributed by atoms with Crippen LogP contribution in [0.4, 0.5) is 0 Å². The topological polar surface area (TPSA) is 81.8 Å². The van der Waals surface area contributed by atoms with Crippen molar-refractivity contribution in [3.05, 3.63) is 39.8 Å². The van der Waals surface area contributed by atoms with E-state index in [1.807, 2.05) is 31.3 Å². The number of rotatable bonds is 6. The first kappa shape index (κ1) is 16.1. The van der Waals surface area contributed by atoms with Crippen LogP contribution in [0.5, 0.6) is 11.5 Å². The van der Waals surface area contributed by atoms with Crippen molar-refractivity contribution in [3.8, 4) is 11.5 Å². The van der Waals surface area contributed by atoms with Crippen molar-refractivity contribution in [1.82, 2.24) is 10.3 Å². The van der Waals surface area contributed by atoms with E-state index in [4.69, 9.17) is 15.2 Å². The number of hydrogen-bond acceptors (Lipinski definition) is 5. The molecule has 0 aliphatic heterocycles. The first-order valence-electron chi connectivity index (χ1n) is 6.78. The lowest BCUT2D eigenvalue weighted by Gasteiger charge is -2.09. The number of aryl methyl sites for hydroxylation is 1. The number of aliphatic imine (C=N–C) groups is 1. The molecular weight excluding hydrogens is 300 g/mol. The zero-order valence-electron chi connectivity index (χ0n) is 12.9. The molecule has 0 amide bonds. The van der Waals surface area contributed by atoms with Crippen molar-refractivity contribution < 1.29 is 9.47 Å². The summed E-state index contributed by atoms with van der Waals surface area (Å²) in [5.41, 5.74) is 6.86. The predicted octanol–water partition coefficient (Wildman–Crippen LogP) is 2.07. The Hall–Kier alpha value is -2.28. The number of nitrogens with one attached hydrogen (secondary N) is 1. The molecule has 0 fully saturated rings. The van der Waals surface area contributed by atoms with Crippen LogP contribution < -0.4 is 20.5 Å². The molecule has 6 nitrogen and oxygen atoms in total. The van der Waals surface area contributed by atoms with Gasteiger partial charge in [0.15, 0.2) is 17.5 Å². The fourth-order valence-corrected chi connectivity index (χ4v) is 2.59. The summed E-state index contributed by atoms with van der Waals surface area (Å²) in [6.07, 6.45) is 1.85. The third-order valence-electron chi connectivity index (χ3n) is 2.97. The van der Waals surface area contributed by atoms with Gasteiger partial charge in [-0.3, -0.25) is 0 Å². The zero-order chi connectivity index (χ0) is 15.9. The van der Waals surface area contributed by atoms with Gasteiger partial charge in [-0.2, -0.15) is 0 Å². The average Bonchev–Trinajstić information content (AvgIpc) is 2.96. The Morgan fingerprint density at radius 1 is 1.32 bits per heavy atom. The van der Waals surface area contributed by atoms with Crippen molar-refractivity contribution in [2.75, 3.05) is 14.2 Å². The maximum atomic E-state index is 5.86. The number of benzene rings is 1. The van der Waals surface area contributed by atoms with E-state index >= 15 is 0 Å². The van der Waals surface area contributed by atoms with Gasteiger partial charge in [0.2, 0.25) is 0 Å². The van der Waals surface area contributed by atoms with Crippen LogP contribution >= 0.6 is 11.3 Å². The monoisotopic (exact) mass is 320 g/mol. The maximum absolute atomic E-state index is 5.86. The lowest BCUT2D eigenvalue weighted by atomic mass is 10.2. The van der Waals surface area contributed by atoms with E-state index < -0.39 is 0 Å². The molecule has 0 unspecified atom stereocenters. The molecule has 0 atom stereocenters. The molecule has 22 heavy (non-hydrogen) atoms. The minimum Gasteiger partial charge on any atom is -0.493 e. The highest BCUT2D eigenvalue weighted by Gasteiger charge is 2.04. The van der Waals surface area contributed by atoms with Crippen LogP contribution in [0.2, 0.25) is 0 Å². The molecule has 7 heteroatoms. The summed E-state index contributed by atoms with van der Waals surface area (Å²) < 4.78 is 10.5. The summed E-state index contributed by atoms with van der Waals surface area (Å²) in [5, 5.41) is 4.04. The molecule has 0 bridgehead atoms. The van der Waals surface area contributed by atoms with Crippen LogP contribution in [0.3, 0.4) is 0 Å². The molecule has 0 saturated heterocycles. The smallest absolute Gasteiger partial charge is 0.189 e. The second-order valence-corrected chi connectivity index (χ2v) is 5.93. The van der Waals surface area contributed by atoms with Gasteiger partial charge in [0.25, 0.3) is 0 Å². The van der Waals surface area contributed by atoms with E-state index in [1.165, 1.54) is 4.88 Å². The Morgan fingerprint density at radius 3 is 2.73 bits per heavy atom. The molecular formula is C15H20N4O2S. The van der Waals surface area contributed by atoms with Crippen LogP contribution in [0.1, 0.15) is 15.4 Å². The summed E-state index contributed by atoms with van der Waals surface area (Å²) in [7, 11) is 3.22. The summed E-state index contributed by atoms with van der Waals surface area (Å²) in [4.78, 5) is 9.75. The molecule has 0 spiro atoms. The van der Waals surface area contributed by atoms with E-state index in [2.05, 4.69) is 15.3 Å². The van der Waals surface area contributed by atoms with E-state index in [0.717, 1.165) is 10.6 Å². The number of nitrogens with two attached hydrogens (primary N) is 1. The van der Waals surface area contributed by atoms with Gasteiger partial charge in [-0.1, -0.05) is 6.07 Å². The van der Waals surface area contributed by atoms with E-state index in [1.54, 1.807) is 25.6 Å². The Morgan fingerprint density at radius 2 is 2.09 bits per heavy atom. The molecule has 0 aliphatic rings. The molecule has 2 rings (SSSR count). The molecule has 0 radical (unpaired) electrons. The zero-order valence-corrected chi connectivity index (χ0v) is 13.7. The number of methoxy groups -OCH3 is 2. The van der Waals surface area contributed by atoms with E-state index in [0.29, 0.717) is 30.5 Å². The fourth-order valence-electron chi connectivity index (χ4n) is 1.86. The number of thiazole rings is 1. The number of nitrogens with zero attached hydrogens (tertiary/aromatic N) is 2. The highest BCUT2D eigenvalue weighted by molar-refractivity contribution is 7.11. The average molecular weight is 320 g/mol. The van der Waals surface area contributed by atoms with Crippen molar-refractivity contribution in [1.29, 1.82) is 0 Å². The van der Waals surface area contributed by atoms with Gasteiger partial charge in [0, 0.05) is 11.1 Å². The molecule has 0 aliphatic carbocycles. The summed E-state index contributed by atoms with van der Waals surface area (Å²) in [6.45, 7) is 3.07. The Bertz CT molecular complexity index is 655. The molecule has 2 aromatic rings. The molecule has 1 aromatic heterocycles. The van der Waals surface area contributed by atoms with Crippen molar-refractivity contribution in [3.63, 3.8) is 0 Å². The van der Waals surface area contributed by atoms with Crippen molar-refractivity contribution >= 4 is 17.3 Å². The summed E-state index contributed by atoms with van der Waals surface area (Å²) in [5.74, 6) is 1.77. The third-order valence-corrected chi connectivity index (χ3v) is 3.88. The van der Waals surface area contributed by atoms with E-state index in [-0.39, 0.29) is 0 Å². The molecule has 3 N–H and O–H groups in total. The second kappa shape index (κ2) is 7.65. The standard InChI is InChI=1S/C15H20N4O2S/c1-10-7-17-14(22-10)9-19-15(16)18-8-11-4-5-12(20-2)13(6-11)21-3/h4-7H,8-9H2,1-3H3,(H3,16,18,19). The van der Waals surface area contributed by atoms with Crippen LogP contribution in [-0.2, 0) is 13.1 Å². The Balaban J connectivity index is 1.92. The highest BCUT2D eigenvalue weighted by atomic mass is 32.1. The van der Waals surface area contributed by atoms with Crippen LogP contribution in [0.25, 0.3) is 0 Å². The second-order valence-electron chi connectivity index (χ2n) is 4.61. The van der Waals surface area contributed by atoms with Gasteiger partial charge in [0.1, 0.15) is 5.01 Å². The van der Waals surface area contributed by atoms with Gasteiger partial charge in [-0.25, -0.2) is 9.98 Å². The van der Waals surface area contributed by atoms with Crippen molar-refractivity contribution in [2.24, 2.45) is 10.7 Å². The summed E-state index contributed by atoms with van der Waals surface area (Å²) >= 11 is 1.64. The molecule has 0 saturated carbocycles.